The van der Waals surface area contributed by atoms with Crippen molar-refractivity contribution in [3.63, 3.8) is 0 Å². The van der Waals surface area contributed by atoms with E-state index >= 15 is 0 Å². The first-order valence-electron chi connectivity index (χ1n) is 8.17. The molecule has 0 heterocycles. The zero-order valence-corrected chi connectivity index (χ0v) is 13.9. The predicted molar refractivity (Wildman–Crippen MR) is 94.1 cm³/mol. The number of carboxylic acid groups (broad SMARTS) is 1. The summed E-state index contributed by atoms with van der Waals surface area (Å²) in [5, 5.41) is 9.17. The minimum Gasteiger partial charge on any atom is -0.478 e. The van der Waals surface area contributed by atoms with Crippen molar-refractivity contribution in [3.05, 3.63) is 71.3 Å². The molecule has 0 atom stereocenters. The van der Waals surface area contributed by atoms with Crippen LogP contribution in [-0.2, 0) is 17.6 Å². The van der Waals surface area contributed by atoms with Gasteiger partial charge in [0.15, 0.2) is 0 Å². The number of unbranched alkanes of at least 4 members (excludes halogenated alkanes) is 1. The molecule has 0 aliphatic rings. The molecule has 4 nitrogen and oxygen atoms in total. The minimum absolute atomic E-state index is 0.0524. The van der Waals surface area contributed by atoms with E-state index in [-0.39, 0.29) is 17.9 Å². The highest BCUT2D eigenvalue weighted by Gasteiger charge is 2.15. The fraction of sp³-hybridized carbons (Fsp3) is 0.300. The smallest absolute Gasteiger partial charge is 0.335 e. The Morgan fingerprint density at radius 2 is 1.62 bits per heavy atom. The fourth-order valence-corrected chi connectivity index (χ4v) is 2.63. The number of hydrogen-bond donors (Lipinski definition) is 1. The van der Waals surface area contributed by atoms with Gasteiger partial charge in [-0.2, -0.15) is 0 Å². The van der Waals surface area contributed by atoms with Gasteiger partial charge in [0.25, 0.3) is 0 Å². The zero-order chi connectivity index (χ0) is 17.4. The lowest BCUT2D eigenvalue weighted by molar-refractivity contribution is -0.129. The summed E-state index contributed by atoms with van der Waals surface area (Å²) in [5.74, 6) is -1.05. The van der Waals surface area contributed by atoms with Crippen LogP contribution >= 0.6 is 0 Å². The van der Waals surface area contributed by atoms with Crippen LogP contribution in [0.2, 0.25) is 0 Å². The Bertz CT molecular complexity index is 682. The average molecular weight is 325 g/mol. The average Bonchev–Trinajstić information content (AvgIpc) is 2.59. The van der Waals surface area contributed by atoms with Gasteiger partial charge < -0.3 is 10.0 Å². The molecule has 0 radical (unpaired) electrons. The molecule has 2 rings (SSSR count). The van der Waals surface area contributed by atoms with Gasteiger partial charge >= 0.3 is 5.97 Å². The highest BCUT2D eigenvalue weighted by atomic mass is 16.4. The number of benzene rings is 2. The Morgan fingerprint density at radius 3 is 2.33 bits per heavy atom. The lowest BCUT2D eigenvalue weighted by atomic mass is 10.0. The number of rotatable bonds is 8. The number of nitrogens with zero attached hydrogens (tertiary/aromatic N) is 1. The summed E-state index contributed by atoms with van der Waals surface area (Å²) in [5.41, 5.74) is 2.07. The van der Waals surface area contributed by atoms with E-state index in [1.54, 1.807) is 30.1 Å². The summed E-state index contributed by atoms with van der Waals surface area (Å²) in [6.07, 6.45) is 3.08. The predicted octanol–water partition coefficient (Wildman–Crippen LogP) is 3.41. The monoisotopic (exact) mass is 325 g/mol. The number of aryl methyl sites for hydroxylation is 1. The van der Waals surface area contributed by atoms with Crippen molar-refractivity contribution in [3.8, 4) is 0 Å². The van der Waals surface area contributed by atoms with Crippen molar-refractivity contribution < 1.29 is 14.7 Å². The second-order valence-corrected chi connectivity index (χ2v) is 5.90. The molecule has 0 unspecified atom stereocenters. The van der Waals surface area contributed by atoms with Crippen LogP contribution in [-0.4, -0.2) is 35.5 Å². The zero-order valence-electron chi connectivity index (χ0n) is 13.9. The molecule has 0 saturated heterocycles. The van der Waals surface area contributed by atoms with Crippen LogP contribution in [0.3, 0.4) is 0 Å². The van der Waals surface area contributed by atoms with Crippen molar-refractivity contribution in [2.75, 3.05) is 13.6 Å². The maximum Gasteiger partial charge on any atom is 0.335 e. The second-order valence-electron chi connectivity index (χ2n) is 5.90. The topological polar surface area (TPSA) is 57.6 Å². The standard InChI is InChI=1S/C20H23NO3/c1-21(14-8-7-11-16-9-3-2-4-10-16)19(22)15-17-12-5-6-13-18(17)20(23)24/h2-6,9-10,12-13H,7-8,11,14-15H2,1H3,(H,23,24). The van der Waals surface area contributed by atoms with Crippen molar-refractivity contribution in [2.45, 2.75) is 25.7 Å². The van der Waals surface area contributed by atoms with E-state index in [1.165, 1.54) is 11.6 Å². The second kappa shape index (κ2) is 8.87. The van der Waals surface area contributed by atoms with Crippen LogP contribution < -0.4 is 0 Å². The van der Waals surface area contributed by atoms with Gasteiger partial charge in [-0.05, 0) is 36.5 Å². The highest BCUT2D eigenvalue weighted by Crippen LogP contribution is 2.11. The highest BCUT2D eigenvalue weighted by molar-refractivity contribution is 5.91. The molecule has 0 bridgehead atoms. The maximum atomic E-state index is 12.3. The van der Waals surface area contributed by atoms with Gasteiger partial charge in [-0.1, -0.05) is 48.5 Å². The van der Waals surface area contributed by atoms with Crippen molar-refractivity contribution >= 4 is 11.9 Å². The SMILES string of the molecule is CN(CCCCc1ccccc1)C(=O)Cc1ccccc1C(=O)O. The summed E-state index contributed by atoms with van der Waals surface area (Å²) < 4.78 is 0. The molecule has 126 valence electrons. The van der Waals surface area contributed by atoms with Gasteiger partial charge in [0, 0.05) is 13.6 Å². The Morgan fingerprint density at radius 1 is 0.958 bits per heavy atom. The molecular formula is C20H23NO3. The molecule has 1 N–H and O–H groups in total. The van der Waals surface area contributed by atoms with E-state index in [4.69, 9.17) is 0 Å². The van der Waals surface area contributed by atoms with Crippen molar-refractivity contribution in [1.82, 2.24) is 4.90 Å². The third-order valence-electron chi connectivity index (χ3n) is 4.07. The first-order valence-corrected chi connectivity index (χ1v) is 8.17. The van der Waals surface area contributed by atoms with Crippen molar-refractivity contribution in [2.24, 2.45) is 0 Å². The largest absolute Gasteiger partial charge is 0.478 e. The van der Waals surface area contributed by atoms with E-state index in [2.05, 4.69) is 12.1 Å². The number of carbonyl (C=O) groups is 2. The molecular weight excluding hydrogens is 302 g/mol. The number of carbonyl (C=O) groups excluding carboxylic acids is 1. The van der Waals surface area contributed by atoms with E-state index in [1.807, 2.05) is 18.2 Å². The van der Waals surface area contributed by atoms with Gasteiger partial charge in [-0.25, -0.2) is 4.79 Å². The van der Waals surface area contributed by atoms with Crippen LogP contribution in [0.1, 0.15) is 34.3 Å². The number of hydrogen-bond acceptors (Lipinski definition) is 2. The molecule has 0 aliphatic heterocycles. The molecule has 0 spiro atoms. The third-order valence-corrected chi connectivity index (χ3v) is 4.07. The number of carboxylic acids is 1. The first-order chi connectivity index (χ1) is 11.6. The summed E-state index contributed by atoms with van der Waals surface area (Å²) in [4.78, 5) is 25.2. The lowest BCUT2D eigenvalue weighted by Crippen LogP contribution is -2.29. The first kappa shape index (κ1) is 17.7. The molecule has 0 aromatic heterocycles. The lowest BCUT2D eigenvalue weighted by Gasteiger charge is -2.17. The summed E-state index contributed by atoms with van der Waals surface area (Å²) in [6.45, 7) is 0.681. The minimum atomic E-state index is -0.996. The molecule has 0 aliphatic carbocycles. The Hall–Kier alpha value is -2.62. The van der Waals surface area contributed by atoms with E-state index < -0.39 is 5.97 Å². The van der Waals surface area contributed by atoms with Gasteiger partial charge in [-0.15, -0.1) is 0 Å². The number of amides is 1. The van der Waals surface area contributed by atoms with Gasteiger partial charge in [-0.3, -0.25) is 4.79 Å². The van der Waals surface area contributed by atoms with Gasteiger partial charge in [0.05, 0.1) is 12.0 Å². The summed E-state index contributed by atoms with van der Waals surface area (Å²) in [7, 11) is 1.77. The Labute approximate surface area is 142 Å². The Kier molecular flexibility index (Phi) is 6.55. The van der Waals surface area contributed by atoms with Crippen LogP contribution in [0.25, 0.3) is 0 Å². The van der Waals surface area contributed by atoms with Crippen LogP contribution in [0.5, 0.6) is 0 Å². The summed E-state index contributed by atoms with van der Waals surface area (Å²) >= 11 is 0. The number of likely N-dealkylation sites (N-methyl/N-ethyl adjacent to an activating group) is 1. The Balaban J connectivity index is 1.79. The maximum absolute atomic E-state index is 12.3. The van der Waals surface area contributed by atoms with E-state index in [9.17, 15) is 14.7 Å². The third kappa shape index (κ3) is 5.23. The molecule has 4 heteroatoms. The fourth-order valence-electron chi connectivity index (χ4n) is 2.63. The van der Waals surface area contributed by atoms with Crippen LogP contribution in [0, 0.1) is 0 Å². The van der Waals surface area contributed by atoms with Gasteiger partial charge in [0.2, 0.25) is 5.91 Å². The molecule has 0 fully saturated rings. The quantitative estimate of drug-likeness (QED) is 0.757. The normalized spacial score (nSPS) is 10.4. The van der Waals surface area contributed by atoms with Crippen molar-refractivity contribution in [1.29, 1.82) is 0 Å². The molecule has 2 aromatic rings. The van der Waals surface area contributed by atoms with Crippen LogP contribution in [0.15, 0.2) is 54.6 Å². The van der Waals surface area contributed by atoms with Gasteiger partial charge in [0.1, 0.15) is 0 Å². The van der Waals surface area contributed by atoms with Crippen LogP contribution in [0.4, 0.5) is 0 Å². The van der Waals surface area contributed by atoms with E-state index in [0.29, 0.717) is 12.1 Å². The summed E-state index contributed by atoms with van der Waals surface area (Å²) in [6, 6.07) is 16.9. The molecule has 24 heavy (non-hydrogen) atoms. The molecule has 2 aromatic carbocycles. The number of aromatic carboxylic acids is 1. The molecule has 1 amide bonds. The van der Waals surface area contributed by atoms with E-state index in [0.717, 1.165) is 19.3 Å². The molecule has 0 saturated carbocycles.